The molecule has 198 valence electrons. The van der Waals surface area contributed by atoms with Crippen molar-refractivity contribution < 1.29 is 38.8 Å². The highest BCUT2D eigenvalue weighted by atomic mass is 32.1. The van der Waals surface area contributed by atoms with Crippen LogP contribution < -0.4 is 14.4 Å². The SMILES string of the molecule is CCCOc1cccc(/C(O)=C2\C(=O)C(=O)N(c3nc(C)c(C(=O)OC)s3)C2c2ccc(O)c(OC)c2)c1. The number of phenolic OH excluding ortho intramolecular Hbond substituents is 1. The fraction of sp³-hybridized carbons (Fsp3) is 0.259. The van der Waals surface area contributed by atoms with E-state index >= 15 is 0 Å². The summed E-state index contributed by atoms with van der Waals surface area (Å²) in [4.78, 5) is 44.7. The molecule has 0 radical (unpaired) electrons. The lowest BCUT2D eigenvalue weighted by Gasteiger charge is -2.23. The number of hydrogen-bond donors (Lipinski definition) is 2. The summed E-state index contributed by atoms with van der Waals surface area (Å²) in [6, 6.07) is 9.77. The molecule has 4 rings (SSSR count). The summed E-state index contributed by atoms with van der Waals surface area (Å²) >= 11 is 0.890. The molecule has 1 unspecified atom stereocenters. The molecule has 11 heteroatoms. The monoisotopic (exact) mass is 538 g/mol. The van der Waals surface area contributed by atoms with Gasteiger partial charge in [-0.1, -0.05) is 36.5 Å². The number of amides is 1. The first-order valence-corrected chi connectivity index (χ1v) is 12.5. The molecule has 38 heavy (non-hydrogen) atoms. The number of ether oxygens (including phenoxy) is 3. The fourth-order valence-corrected chi connectivity index (χ4v) is 5.10. The molecule has 2 aromatic carbocycles. The Hall–Kier alpha value is -4.38. The molecule has 1 saturated heterocycles. The Bertz CT molecular complexity index is 1440. The van der Waals surface area contributed by atoms with Gasteiger partial charge in [0.05, 0.1) is 38.1 Å². The number of rotatable bonds is 8. The molecule has 0 bridgehead atoms. The van der Waals surface area contributed by atoms with Crippen LogP contribution >= 0.6 is 11.3 Å². The second-order valence-electron chi connectivity index (χ2n) is 8.38. The molecule has 1 aromatic heterocycles. The maximum absolute atomic E-state index is 13.4. The fourth-order valence-electron chi connectivity index (χ4n) is 4.09. The third-order valence-corrected chi connectivity index (χ3v) is 7.04. The van der Waals surface area contributed by atoms with Crippen LogP contribution in [0.2, 0.25) is 0 Å². The van der Waals surface area contributed by atoms with E-state index in [0.717, 1.165) is 22.7 Å². The quantitative estimate of drug-likeness (QED) is 0.185. The second kappa shape index (κ2) is 10.9. The summed E-state index contributed by atoms with van der Waals surface area (Å²) in [6.07, 6.45) is 0.783. The Morgan fingerprint density at radius 2 is 1.92 bits per heavy atom. The maximum Gasteiger partial charge on any atom is 0.350 e. The van der Waals surface area contributed by atoms with Gasteiger partial charge in [-0.3, -0.25) is 14.5 Å². The van der Waals surface area contributed by atoms with Gasteiger partial charge in [0.15, 0.2) is 16.6 Å². The minimum absolute atomic E-state index is 0.0705. The van der Waals surface area contributed by atoms with Crippen molar-refractivity contribution in [3.05, 3.63) is 69.7 Å². The van der Waals surface area contributed by atoms with Crippen LogP contribution in [0.5, 0.6) is 17.2 Å². The number of hydrogen-bond acceptors (Lipinski definition) is 10. The summed E-state index contributed by atoms with van der Waals surface area (Å²) in [5, 5.41) is 21.6. The first-order valence-electron chi connectivity index (χ1n) is 11.7. The molecule has 1 amide bonds. The number of methoxy groups -OCH3 is 2. The third kappa shape index (κ3) is 4.80. The number of carbonyl (C=O) groups excluding carboxylic acids is 3. The predicted molar refractivity (Wildman–Crippen MR) is 140 cm³/mol. The van der Waals surface area contributed by atoms with E-state index in [1.54, 1.807) is 31.2 Å². The van der Waals surface area contributed by atoms with Crippen molar-refractivity contribution in [1.82, 2.24) is 4.98 Å². The van der Waals surface area contributed by atoms with Gasteiger partial charge in [-0.15, -0.1) is 0 Å². The summed E-state index contributed by atoms with van der Waals surface area (Å²) in [5.41, 5.74) is 0.772. The Labute approximate surface area is 222 Å². The van der Waals surface area contributed by atoms with E-state index in [-0.39, 0.29) is 32.6 Å². The van der Waals surface area contributed by atoms with Crippen molar-refractivity contribution in [2.45, 2.75) is 26.3 Å². The van der Waals surface area contributed by atoms with Gasteiger partial charge in [-0.05, 0) is 43.2 Å². The Balaban J connectivity index is 1.93. The van der Waals surface area contributed by atoms with Crippen LogP contribution in [0.1, 0.15) is 45.9 Å². The Morgan fingerprint density at radius 3 is 2.61 bits per heavy atom. The summed E-state index contributed by atoms with van der Waals surface area (Å²) in [5.74, 6) is -2.47. The molecular formula is C27H26N2O8S. The van der Waals surface area contributed by atoms with E-state index in [9.17, 15) is 24.6 Å². The van der Waals surface area contributed by atoms with Gasteiger partial charge in [-0.2, -0.15) is 0 Å². The van der Waals surface area contributed by atoms with Crippen molar-refractivity contribution >= 4 is 39.9 Å². The minimum Gasteiger partial charge on any atom is -0.507 e. The molecule has 10 nitrogen and oxygen atoms in total. The van der Waals surface area contributed by atoms with Crippen LogP contribution in [0.4, 0.5) is 5.13 Å². The number of aliphatic hydroxyl groups excluding tert-OH is 1. The number of anilines is 1. The smallest absolute Gasteiger partial charge is 0.350 e. The second-order valence-corrected chi connectivity index (χ2v) is 9.36. The maximum atomic E-state index is 13.4. The van der Waals surface area contributed by atoms with Crippen LogP contribution in [0.15, 0.2) is 48.0 Å². The highest BCUT2D eigenvalue weighted by Crippen LogP contribution is 2.45. The summed E-state index contributed by atoms with van der Waals surface area (Å²) < 4.78 is 15.7. The number of aryl methyl sites for hydroxylation is 1. The van der Waals surface area contributed by atoms with E-state index in [1.165, 1.54) is 32.4 Å². The molecule has 0 aliphatic carbocycles. The Kier molecular flexibility index (Phi) is 7.67. The van der Waals surface area contributed by atoms with Gasteiger partial charge in [-0.25, -0.2) is 9.78 Å². The highest BCUT2D eigenvalue weighted by Gasteiger charge is 2.48. The predicted octanol–water partition coefficient (Wildman–Crippen LogP) is 4.37. The minimum atomic E-state index is -1.14. The molecule has 1 aliphatic rings. The normalized spacial score (nSPS) is 16.5. The molecule has 3 aromatic rings. The zero-order valence-corrected chi connectivity index (χ0v) is 22.0. The lowest BCUT2D eigenvalue weighted by atomic mass is 9.95. The summed E-state index contributed by atoms with van der Waals surface area (Å²) in [6.45, 7) is 4.01. The van der Waals surface area contributed by atoms with Crippen molar-refractivity contribution in [2.75, 3.05) is 25.7 Å². The molecule has 1 atom stereocenters. The topological polar surface area (TPSA) is 135 Å². The number of aromatic hydroxyl groups is 1. The number of thiazole rings is 1. The van der Waals surface area contributed by atoms with E-state index in [2.05, 4.69) is 4.98 Å². The number of aliphatic hydroxyl groups is 1. The van der Waals surface area contributed by atoms with Crippen LogP contribution in [0.25, 0.3) is 5.76 Å². The number of ketones is 1. The van der Waals surface area contributed by atoms with Crippen LogP contribution in [0.3, 0.4) is 0 Å². The Morgan fingerprint density at radius 1 is 1.16 bits per heavy atom. The molecule has 1 fully saturated rings. The van der Waals surface area contributed by atoms with Crippen LogP contribution in [-0.4, -0.2) is 53.7 Å². The molecular weight excluding hydrogens is 512 g/mol. The number of carbonyl (C=O) groups is 3. The highest BCUT2D eigenvalue weighted by molar-refractivity contribution is 7.17. The first kappa shape index (κ1) is 26.7. The summed E-state index contributed by atoms with van der Waals surface area (Å²) in [7, 11) is 2.60. The van der Waals surface area contributed by atoms with Gasteiger partial charge in [0.1, 0.15) is 16.4 Å². The zero-order chi connectivity index (χ0) is 27.6. The van der Waals surface area contributed by atoms with Crippen molar-refractivity contribution in [1.29, 1.82) is 0 Å². The van der Waals surface area contributed by atoms with Crippen LogP contribution in [-0.2, 0) is 14.3 Å². The number of Topliss-reactive ketones (excluding diaryl/α,β-unsaturated/α-hetero) is 1. The number of phenols is 1. The van der Waals surface area contributed by atoms with Gasteiger partial charge < -0.3 is 24.4 Å². The van der Waals surface area contributed by atoms with Crippen molar-refractivity contribution in [2.24, 2.45) is 0 Å². The molecule has 2 N–H and O–H groups in total. The van der Waals surface area contributed by atoms with E-state index in [1.807, 2.05) is 6.92 Å². The van der Waals surface area contributed by atoms with Crippen molar-refractivity contribution in [3.8, 4) is 17.2 Å². The lowest BCUT2D eigenvalue weighted by Crippen LogP contribution is -2.29. The molecule has 2 heterocycles. The van der Waals surface area contributed by atoms with Gasteiger partial charge in [0.25, 0.3) is 5.78 Å². The number of esters is 1. The average Bonchev–Trinajstić information content (AvgIpc) is 3.43. The average molecular weight is 539 g/mol. The van der Waals surface area contributed by atoms with Crippen LogP contribution in [0, 0.1) is 6.92 Å². The zero-order valence-electron chi connectivity index (χ0n) is 21.2. The number of aromatic nitrogens is 1. The number of benzene rings is 2. The van der Waals surface area contributed by atoms with Gasteiger partial charge in [0, 0.05) is 5.56 Å². The van der Waals surface area contributed by atoms with Gasteiger partial charge in [0.2, 0.25) is 0 Å². The molecule has 0 spiro atoms. The molecule has 0 saturated carbocycles. The van der Waals surface area contributed by atoms with Gasteiger partial charge >= 0.3 is 11.9 Å². The lowest BCUT2D eigenvalue weighted by molar-refractivity contribution is -0.132. The first-order chi connectivity index (χ1) is 18.2. The van der Waals surface area contributed by atoms with E-state index in [0.29, 0.717) is 23.6 Å². The largest absolute Gasteiger partial charge is 0.507 e. The standard InChI is InChI=1S/C27H26N2O8S/c1-5-11-37-17-8-6-7-16(12-17)22(31)20-21(15-9-10-18(30)19(13-15)35-3)29(25(33)23(20)32)27-28-14(2)24(38-27)26(34)36-4/h6-10,12-13,21,30-31H,5,11H2,1-4H3/b22-20+. The van der Waals surface area contributed by atoms with E-state index in [4.69, 9.17) is 14.2 Å². The third-order valence-electron chi connectivity index (χ3n) is 5.91. The van der Waals surface area contributed by atoms with Crippen molar-refractivity contribution in [3.63, 3.8) is 0 Å². The number of nitrogens with zero attached hydrogens (tertiary/aromatic N) is 2. The van der Waals surface area contributed by atoms with E-state index < -0.39 is 29.5 Å². The molecule has 1 aliphatic heterocycles.